The molecule has 0 spiro atoms. The van der Waals surface area contributed by atoms with Gasteiger partial charge in [0.25, 0.3) is 0 Å². The molecule has 1 aromatic heterocycles. The van der Waals surface area contributed by atoms with Crippen molar-refractivity contribution in [1.82, 2.24) is 15.1 Å². The Hall–Kier alpha value is -2.01. The lowest BCUT2D eigenvalue weighted by molar-refractivity contribution is 0.217. The van der Waals surface area contributed by atoms with E-state index >= 15 is 0 Å². The van der Waals surface area contributed by atoms with Crippen molar-refractivity contribution in [3.05, 3.63) is 42.2 Å². The summed E-state index contributed by atoms with van der Waals surface area (Å²) in [5.41, 5.74) is 1.20. The number of hydrogen-bond acceptors (Lipinski definition) is 4. The summed E-state index contributed by atoms with van der Waals surface area (Å²) >= 11 is 0. The van der Waals surface area contributed by atoms with Crippen LogP contribution in [0.15, 0.2) is 36.7 Å². The van der Waals surface area contributed by atoms with Crippen molar-refractivity contribution < 1.29 is 9.47 Å². The monoisotopic (exact) mass is 289 g/mol. The van der Waals surface area contributed by atoms with Gasteiger partial charge in [0.2, 0.25) is 0 Å². The molecule has 0 unspecified atom stereocenters. The van der Waals surface area contributed by atoms with Crippen LogP contribution in [0.3, 0.4) is 0 Å². The average Bonchev–Trinajstić information content (AvgIpc) is 2.94. The highest BCUT2D eigenvalue weighted by molar-refractivity contribution is 5.28. The second-order valence-electron chi connectivity index (χ2n) is 5.12. The zero-order valence-electron chi connectivity index (χ0n) is 12.9. The van der Waals surface area contributed by atoms with Gasteiger partial charge in [-0.3, -0.25) is 4.68 Å². The Labute approximate surface area is 125 Å². The molecule has 1 N–H and O–H groups in total. The van der Waals surface area contributed by atoms with E-state index in [1.807, 2.05) is 36.1 Å². The Bertz CT molecular complexity index is 552. The summed E-state index contributed by atoms with van der Waals surface area (Å²) in [5, 5.41) is 7.35. The van der Waals surface area contributed by atoms with Crippen LogP contribution in [0, 0.1) is 0 Å². The SMILES string of the molecule is CNCc1cccc(OCCOc2cnn(C(C)C)c2)c1. The van der Waals surface area contributed by atoms with Crippen LogP contribution in [-0.4, -0.2) is 30.0 Å². The Morgan fingerprint density at radius 1 is 1.19 bits per heavy atom. The summed E-state index contributed by atoms with van der Waals surface area (Å²) in [6, 6.07) is 8.40. The summed E-state index contributed by atoms with van der Waals surface area (Å²) in [5.74, 6) is 1.64. The van der Waals surface area contributed by atoms with Gasteiger partial charge in [0, 0.05) is 12.6 Å². The van der Waals surface area contributed by atoms with E-state index < -0.39 is 0 Å². The quantitative estimate of drug-likeness (QED) is 0.759. The molecule has 0 radical (unpaired) electrons. The minimum atomic E-state index is 0.341. The molecule has 21 heavy (non-hydrogen) atoms. The molecule has 5 nitrogen and oxygen atoms in total. The van der Waals surface area contributed by atoms with Crippen molar-refractivity contribution in [3.8, 4) is 11.5 Å². The van der Waals surface area contributed by atoms with Gasteiger partial charge >= 0.3 is 0 Å². The van der Waals surface area contributed by atoms with Crippen molar-refractivity contribution in [2.24, 2.45) is 0 Å². The van der Waals surface area contributed by atoms with Crippen LogP contribution in [0.1, 0.15) is 25.5 Å². The van der Waals surface area contributed by atoms with E-state index in [9.17, 15) is 0 Å². The first-order valence-electron chi connectivity index (χ1n) is 7.22. The normalized spacial score (nSPS) is 10.9. The smallest absolute Gasteiger partial charge is 0.157 e. The van der Waals surface area contributed by atoms with E-state index in [2.05, 4.69) is 30.3 Å². The standard InChI is InChI=1S/C16H23N3O2/c1-13(2)19-12-16(11-18-19)21-8-7-20-15-6-4-5-14(9-15)10-17-3/h4-6,9,11-13,17H,7-8,10H2,1-3H3. The van der Waals surface area contributed by atoms with E-state index in [1.54, 1.807) is 6.20 Å². The minimum Gasteiger partial charge on any atom is -0.490 e. The van der Waals surface area contributed by atoms with Gasteiger partial charge in [0.05, 0.1) is 12.4 Å². The van der Waals surface area contributed by atoms with Gasteiger partial charge < -0.3 is 14.8 Å². The van der Waals surface area contributed by atoms with E-state index in [0.29, 0.717) is 19.3 Å². The van der Waals surface area contributed by atoms with Gasteiger partial charge in [-0.05, 0) is 38.6 Å². The lowest BCUT2D eigenvalue weighted by Gasteiger charge is -2.08. The fraction of sp³-hybridized carbons (Fsp3) is 0.438. The number of hydrogen-bond donors (Lipinski definition) is 1. The maximum atomic E-state index is 5.69. The van der Waals surface area contributed by atoms with Gasteiger partial charge in [-0.2, -0.15) is 5.10 Å². The Morgan fingerprint density at radius 3 is 2.62 bits per heavy atom. The van der Waals surface area contributed by atoms with E-state index in [1.165, 1.54) is 5.56 Å². The summed E-state index contributed by atoms with van der Waals surface area (Å²) in [7, 11) is 1.93. The molecule has 1 aromatic carbocycles. The molecule has 0 aliphatic carbocycles. The van der Waals surface area contributed by atoms with Crippen LogP contribution >= 0.6 is 0 Å². The van der Waals surface area contributed by atoms with E-state index in [4.69, 9.17) is 9.47 Å². The zero-order valence-corrected chi connectivity index (χ0v) is 12.9. The second-order valence-corrected chi connectivity index (χ2v) is 5.12. The molecule has 0 atom stereocenters. The molecular formula is C16H23N3O2. The van der Waals surface area contributed by atoms with Crippen LogP contribution in [-0.2, 0) is 6.54 Å². The Balaban J connectivity index is 1.75. The van der Waals surface area contributed by atoms with Crippen LogP contribution in [0.2, 0.25) is 0 Å². The van der Waals surface area contributed by atoms with Crippen molar-refractivity contribution in [2.75, 3.05) is 20.3 Å². The third kappa shape index (κ3) is 4.79. The first-order valence-corrected chi connectivity index (χ1v) is 7.22. The molecule has 114 valence electrons. The van der Waals surface area contributed by atoms with Crippen LogP contribution in [0.25, 0.3) is 0 Å². The summed E-state index contributed by atoms with van der Waals surface area (Å²) in [6.45, 7) is 6.01. The number of ether oxygens (including phenoxy) is 2. The average molecular weight is 289 g/mol. The topological polar surface area (TPSA) is 48.3 Å². The summed E-state index contributed by atoms with van der Waals surface area (Å²) in [6.07, 6.45) is 3.63. The first-order chi connectivity index (χ1) is 10.2. The molecule has 0 aliphatic heterocycles. The van der Waals surface area contributed by atoms with Gasteiger partial charge in [-0.1, -0.05) is 12.1 Å². The highest BCUT2D eigenvalue weighted by Gasteiger charge is 2.02. The third-order valence-corrected chi connectivity index (χ3v) is 3.01. The number of rotatable bonds is 8. The molecule has 0 bridgehead atoms. The fourth-order valence-electron chi connectivity index (χ4n) is 1.95. The van der Waals surface area contributed by atoms with Gasteiger partial charge in [0.1, 0.15) is 19.0 Å². The van der Waals surface area contributed by atoms with Crippen LogP contribution < -0.4 is 14.8 Å². The maximum Gasteiger partial charge on any atom is 0.157 e. The number of nitrogens with one attached hydrogen (secondary N) is 1. The summed E-state index contributed by atoms with van der Waals surface area (Å²) in [4.78, 5) is 0. The highest BCUT2D eigenvalue weighted by Crippen LogP contribution is 2.14. The zero-order chi connectivity index (χ0) is 15.1. The fourth-order valence-corrected chi connectivity index (χ4v) is 1.95. The lowest BCUT2D eigenvalue weighted by Crippen LogP contribution is -2.09. The summed E-state index contributed by atoms with van der Waals surface area (Å²) < 4.78 is 13.2. The number of aromatic nitrogens is 2. The van der Waals surface area contributed by atoms with Crippen LogP contribution in [0.4, 0.5) is 0 Å². The molecule has 5 heteroatoms. The molecule has 0 amide bonds. The maximum absolute atomic E-state index is 5.69. The molecule has 0 aliphatic rings. The Morgan fingerprint density at radius 2 is 1.95 bits per heavy atom. The molecule has 2 rings (SSSR count). The number of benzene rings is 1. The second kappa shape index (κ2) is 7.69. The predicted octanol–water partition coefficient (Wildman–Crippen LogP) is 2.64. The molecular weight excluding hydrogens is 266 g/mol. The van der Waals surface area contributed by atoms with E-state index in [-0.39, 0.29) is 0 Å². The first kappa shape index (κ1) is 15.4. The predicted molar refractivity (Wildman–Crippen MR) is 82.8 cm³/mol. The van der Waals surface area contributed by atoms with Gasteiger partial charge in [-0.15, -0.1) is 0 Å². The molecule has 0 saturated carbocycles. The molecule has 0 saturated heterocycles. The van der Waals surface area contributed by atoms with Gasteiger partial charge in [-0.25, -0.2) is 0 Å². The van der Waals surface area contributed by atoms with Crippen molar-refractivity contribution in [1.29, 1.82) is 0 Å². The minimum absolute atomic E-state index is 0.341. The molecule has 0 fully saturated rings. The van der Waals surface area contributed by atoms with Crippen molar-refractivity contribution in [3.63, 3.8) is 0 Å². The van der Waals surface area contributed by atoms with Crippen molar-refractivity contribution in [2.45, 2.75) is 26.4 Å². The van der Waals surface area contributed by atoms with Crippen molar-refractivity contribution >= 4 is 0 Å². The largest absolute Gasteiger partial charge is 0.490 e. The Kier molecular flexibility index (Phi) is 5.63. The van der Waals surface area contributed by atoms with Crippen LogP contribution in [0.5, 0.6) is 11.5 Å². The molecule has 1 heterocycles. The highest BCUT2D eigenvalue weighted by atomic mass is 16.5. The van der Waals surface area contributed by atoms with Gasteiger partial charge in [0.15, 0.2) is 5.75 Å². The lowest BCUT2D eigenvalue weighted by atomic mass is 10.2. The molecule has 2 aromatic rings. The third-order valence-electron chi connectivity index (χ3n) is 3.01. The van der Waals surface area contributed by atoms with E-state index in [0.717, 1.165) is 18.0 Å². The number of nitrogens with zero attached hydrogens (tertiary/aromatic N) is 2.